The first-order chi connectivity index (χ1) is 14.7. The number of hydrogen-bond acceptors (Lipinski definition) is 5. The second kappa shape index (κ2) is 9.25. The van der Waals surface area contributed by atoms with Crippen LogP contribution in [0.4, 0.5) is 23.4 Å². The zero-order valence-corrected chi connectivity index (χ0v) is 15.9. The molecule has 0 aliphatic carbocycles. The number of nitriles is 1. The van der Waals surface area contributed by atoms with Gasteiger partial charge in [-0.15, -0.1) is 0 Å². The topological polar surface area (TPSA) is 92.8 Å². The molecule has 3 rings (SSSR count). The van der Waals surface area contributed by atoms with Crippen LogP contribution in [0.3, 0.4) is 0 Å². The SMILES string of the molecule is N#Cc1ccc(Cn2ccc(NC(=O)Cc3ccc(F)cc3OCC(F)(F)F)n2)nc1. The van der Waals surface area contributed by atoms with E-state index in [-0.39, 0.29) is 23.6 Å². The first kappa shape index (κ1) is 21.8. The van der Waals surface area contributed by atoms with Gasteiger partial charge in [-0.2, -0.15) is 23.5 Å². The highest BCUT2D eigenvalue weighted by molar-refractivity contribution is 5.91. The summed E-state index contributed by atoms with van der Waals surface area (Å²) in [5, 5.41) is 15.5. The standard InChI is InChI=1S/C20H15F4N5O2/c21-15-3-2-14(17(8-15)31-12-20(22,23)24)7-19(30)27-18-5-6-29(28-18)11-16-4-1-13(9-25)10-26-16/h1-6,8,10H,7,11-12H2,(H,27,28,30). The molecule has 0 fully saturated rings. The van der Waals surface area contributed by atoms with Gasteiger partial charge in [-0.3, -0.25) is 14.5 Å². The summed E-state index contributed by atoms with van der Waals surface area (Å²) in [6, 6.07) is 9.82. The van der Waals surface area contributed by atoms with Crippen LogP contribution in [0.5, 0.6) is 5.75 Å². The molecule has 7 nitrogen and oxygen atoms in total. The molecule has 0 saturated heterocycles. The minimum absolute atomic E-state index is 0.101. The number of alkyl halides is 3. The van der Waals surface area contributed by atoms with Gasteiger partial charge < -0.3 is 10.1 Å². The van der Waals surface area contributed by atoms with Crippen molar-refractivity contribution in [3.05, 3.63) is 71.4 Å². The maximum atomic E-state index is 13.4. The average Bonchev–Trinajstić information content (AvgIpc) is 3.14. The third-order valence-electron chi connectivity index (χ3n) is 3.96. The molecule has 0 radical (unpaired) electrons. The number of rotatable bonds is 7. The van der Waals surface area contributed by atoms with Crippen molar-refractivity contribution in [3.8, 4) is 11.8 Å². The molecule has 1 amide bonds. The molecule has 3 aromatic rings. The fourth-order valence-electron chi connectivity index (χ4n) is 2.59. The molecule has 0 saturated carbocycles. The highest BCUT2D eigenvalue weighted by Gasteiger charge is 2.29. The summed E-state index contributed by atoms with van der Waals surface area (Å²) in [6.07, 6.45) is -1.89. The van der Waals surface area contributed by atoms with Crippen molar-refractivity contribution in [2.45, 2.75) is 19.1 Å². The molecule has 0 bridgehead atoms. The van der Waals surface area contributed by atoms with E-state index >= 15 is 0 Å². The second-order valence-electron chi connectivity index (χ2n) is 6.43. The van der Waals surface area contributed by atoms with Crippen LogP contribution in [0.1, 0.15) is 16.8 Å². The number of nitrogens with zero attached hydrogens (tertiary/aromatic N) is 4. The van der Waals surface area contributed by atoms with Crippen molar-refractivity contribution in [1.29, 1.82) is 5.26 Å². The number of amides is 1. The Labute approximate surface area is 173 Å². The zero-order chi connectivity index (χ0) is 22.4. The molecule has 0 unspecified atom stereocenters. The van der Waals surface area contributed by atoms with Gasteiger partial charge in [0, 0.05) is 30.1 Å². The predicted octanol–water partition coefficient (Wildman–Crippen LogP) is 3.46. The van der Waals surface area contributed by atoms with Crippen molar-refractivity contribution in [2.24, 2.45) is 0 Å². The van der Waals surface area contributed by atoms with E-state index < -0.39 is 24.5 Å². The molecule has 1 aromatic carbocycles. The Balaban J connectivity index is 1.62. The van der Waals surface area contributed by atoms with E-state index in [4.69, 9.17) is 5.26 Å². The van der Waals surface area contributed by atoms with Crippen LogP contribution >= 0.6 is 0 Å². The van der Waals surface area contributed by atoms with Crippen molar-refractivity contribution in [3.63, 3.8) is 0 Å². The molecular weight excluding hydrogens is 418 g/mol. The van der Waals surface area contributed by atoms with Crippen molar-refractivity contribution in [2.75, 3.05) is 11.9 Å². The normalized spacial score (nSPS) is 11.1. The van der Waals surface area contributed by atoms with E-state index in [1.165, 1.54) is 23.0 Å². The largest absolute Gasteiger partial charge is 0.484 e. The van der Waals surface area contributed by atoms with Gasteiger partial charge in [-0.1, -0.05) is 6.07 Å². The van der Waals surface area contributed by atoms with E-state index in [0.717, 1.165) is 12.1 Å². The Morgan fingerprint density at radius 1 is 1.23 bits per heavy atom. The highest BCUT2D eigenvalue weighted by atomic mass is 19.4. The maximum Gasteiger partial charge on any atom is 0.422 e. The number of nitrogens with one attached hydrogen (secondary N) is 1. The van der Waals surface area contributed by atoms with E-state index in [2.05, 4.69) is 20.1 Å². The number of pyridine rings is 1. The van der Waals surface area contributed by atoms with Crippen LogP contribution in [-0.4, -0.2) is 33.5 Å². The third kappa shape index (κ3) is 6.53. The Kier molecular flexibility index (Phi) is 6.49. The second-order valence-corrected chi connectivity index (χ2v) is 6.43. The zero-order valence-electron chi connectivity index (χ0n) is 15.9. The molecule has 0 atom stereocenters. The summed E-state index contributed by atoms with van der Waals surface area (Å²) in [5.74, 6) is -1.48. The van der Waals surface area contributed by atoms with Crippen LogP contribution < -0.4 is 10.1 Å². The molecule has 160 valence electrons. The number of halogens is 4. The minimum Gasteiger partial charge on any atom is -0.484 e. The molecule has 31 heavy (non-hydrogen) atoms. The fraction of sp³-hybridized carbons (Fsp3) is 0.200. The number of hydrogen-bond donors (Lipinski definition) is 1. The van der Waals surface area contributed by atoms with Crippen LogP contribution in [0.25, 0.3) is 0 Å². The van der Waals surface area contributed by atoms with E-state index in [0.29, 0.717) is 17.8 Å². The van der Waals surface area contributed by atoms with E-state index in [1.807, 2.05) is 6.07 Å². The molecule has 2 heterocycles. The Hall–Kier alpha value is -3.94. The van der Waals surface area contributed by atoms with Gasteiger partial charge in [0.2, 0.25) is 5.91 Å². The van der Waals surface area contributed by atoms with Crippen LogP contribution in [-0.2, 0) is 17.8 Å². The van der Waals surface area contributed by atoms with Crippen molar-refractivity contribution < 1.29 is 27.1 Å². The molecule has 11 heteroatoms. The van der Waals surface area contributed by atoms with Gasteiger partial charge in [0.1, 0.15) is 17.6 Å². The maximum absolute atomic E-state index is 13.4. The van der Waals surface area contributed by atoms with Gasteiger partial charge in [-0.25, -0.2) is 4.39 Å². The summed E-state index contributed by atoms with van der Waals surface area (Å²) >= 11 is 0. The fourth-order valence-corrected chi connectivity index (χ4v) is 2.59. The number of carbonyl (C=O) groups excluding carboxylic acids is 1. The smallest absolute Gasteiger partial charge is 0.422 e. The summed E-state index contributed by atoms with van der Waals surface area (Å²) in [5.41, 5.74) is 1.18. The Morgan fingerprint density at radius 2 is 2.03 bits per heavy atom. The number of aromatic nitrogens is 3. The number of carbonyl (C=O) groups is 1. The number of ether oxygens (including phenoxy) is 1. The molecular formula is C20H15F4N5O2. The van der Waals surface area contributed by atoms with Gasteiger partial charge in [0.05, 0.1) is 24.2 Å². The van der Waals surface area contributed by atoms with Crippen LogP contribution in [0, 0.1) is 17.1 Å². The first-order valence-electron chi connectivity index (χ1n) is 8.88. The highest BCUT2D eigenvalue weighted by Crippen LogP contribution is 2.24. The minimum atomic E-state index is -4.59. The monoisotopic (exact) mass is 433 g/mol. The van der Waals surface area contributed by atoms with Gasteiger partial charge >= 0.3 is 6.18 Å². The molecule has 0 aliphatic rings. The van der Waals surface area contributed by atoms with Crippen LogP contribution in [0.2, 0.25) is 0 Å². The number of anilines is 1. The van der Waals surface area contributed by atoms with Crippen LogP contribution in [0.15, 0.2) is 48.8 Å². The summed E-state index contributed by atoms with van der Waals surface area (Å²) in [4.78, 5) is 16.4. The average molecular weight is 433 g/mol. The van der Waals surface area contributed by atoms with Gasteiger partial charge in [-0.05, 0) is 18.2 Å². The summed E-state index contributed by atoms with van der Waals surface area (Å²) < 4.78 is 56.7. The lowest BCUT2D eigenvalue weighted by molar-refractivity contribution is -0.153. The Bertz CT molecular complexity index is 1100. The molecule has 2 aromatic heterocycles. The first-order valence-corrected chi connectivity index (χ1v) is 8.88. The molecule has 1 N–H and O–H groups in total. The lowest BCUT2D eigenvalue weighted by atomic mass is 10.1. The van der Waals surface area contributed by atoms with E-state index in [9.17, 15) is 22.4 Å². The Morgan fingerprint density at radius 3 is 2.71 bits per heavy atom. The number of benzene rings is 1. The quantitative estimate of drug-likeness (QED) is 0.576. The predicted molar refractivity (Wildman–Crippen MR) is 101 cm³/mol. The van der Waals surface area contributed by atoms with E-state index in [1.54, 1.807) is 18.3 Å². The lowest BCUT2D eigenvalue weighted by Crippen LogP contribution is -2.21. The third-order valence-corrected chi connectivity index (χ3v) is 3.96. The lowest BCUT2D eigenvalue weighted by Gasteiger charge is -2.13. The summed E-state index contributed by atoms with van der Waals surface area (Å²) in [7, 11) is 0. The van der Waals surface area contributed by atoms with Gasteiger partial charge in [0.25, 0.3) is 0 Å². The molecule has 0 aliphatic heterocycles. The van der Waals surface area contributed by atoms with Crippen molar-refractivity contribution >= 4 is 11.7 Å². The van der Waals surface area contributed by atoms with Crippen molar-refractivity contribution in [1.82, 2.24) is 14.8 Å². The summed E-state index contributed by atoms with van der Waals surface area (Å²) in [6.45, 7) is -1.30. The van der Waals surface area contributed by atoms with Gasteiger partial charge in [0.15, 0.2) is 12.4 Å². The molecule has 0 spiro atoms.